The van der Waals surface area contributed by atoms with Crippen molar-refractivity contribution in [2.75, 3.05) is 5.73 Å². The van der Waals surface area contributed by atoms with E-state index in [1.807, 2.05) is 6.92 Å². The molecule has 4 heteroatoms. The molecule has 0 aliphatic rings. The molecule has 0 spiro atoms. The van der Waals surface area contributed by atoms with E-state index in [0.717, 1.165) is 4.88 Å². The summed E-state index contributed by atoms with van der Waals surface area (Å²) < 4.78 is 3.78. The molecule has 0 aromatic carbocycles. The van der Waals surface area contributed by atoms with Crippen molar-refractivity contribution in [2.24, 2.45) is 0 Å². The summed E-state index contributed by atoms with van der Waals surface area (Å²) in [5.74, 6) is 0.502. The van der Waals surface area contributed by atoms with E-state index in [0.29, 0.717) is 5.82 Å². The van der Waals surface area contributed by atoms with Crippen LogP contribution in [-0.4, -0.2) is 4.37 Å². The molecule has 1 rings (SSSR count). The standard InChI is InChI=1S/C4H5N2S.Re/c1-3-2-4(5)6-7-3;/h1H3,(H2,5,6);/q-1;. The number of aryl methyl sites for hydroxylation is 1. The summed E-state index contributed by atoms with van der Waals surface area (Å²) in [5.41, 5.74) is 5.22. The summed E-state index contributed by atoms with van der Waals surface area (Å²) in [5, 5.41) is 0. The number of nitrogens with zero attached hydrogens (tertiary/aromatic N) is 1. The summed E-state index contributed by atoms with van der Waals surface area (Å²) in [6, 6.07) is 2.82. The number of nitrogens with two attached hydrogens (primary N) is 1. The van der Waals surface area contributed by atoms with Gasteiger partial charge in [-0.05, 0) is 5.82 Å². The minimum Gasteiger partial charge on any atom is -0.412 e. The second-order valence-corrected chi connectivity index (χ2v) is 2.23. The molecule has 2 N–H and O–H groups in total. The molecule has 45 valence electrons. The Morgan fingerprint density at radius 1 is 1.75 bits per heavy atom. The molecule has 0 aliphatic carbocycles. The fraction of sp³-hybridized carbons (Fsp3) is 0.250. The van der Waals surface area contributed by atoms with E-state index in [9.17, 15) is 0 Å². The van der Waals surface area contributed by atoms with Crippen LogP contribution in [-0.2, 0) is 20.4 Å². The van der Waals surface area contributed by atoms with E-state index in [-0.39, 0.29) is 20.4 Å². The average molecular weight is 299 g/mol. The van der Waals surface area contributed by atoms with Gasteiger partial charge in [0.2, 0.25) is 0 Å². The molecular formula is C4H5N2ReS-. The third-order valence-electron chi connectivity index (χ3n) is 0.585. The van der Waals surface area contributed by atoms with Gasteiger partial charge >= 0.3 is 0 Å². The fourth-order valence-electron chi connectivity index (χ4n) is 0.344. The van der Waals surface area contributed by atoms with E-state index < -0.39 is 0 Å². The molecule has 0 saturated carbocycles. The minimum absolute atomic E-state index is 0. The van der Waals surface area contributed by atoms with Gasteiger partial charge in [0.15, 0.2) is 0 Å². The molecule has 1 aromatic rings. The maximum atomic E-state index is 5.22. The first-order valence-corrected chi connectivity index (χ1v) is 2.67. The van der Waals surface area contributed by atoms with Gasteiger partial charge < -0.3 is 11.8 Å². The minimum atomic E-state index is 0. The van der Waals surface area contributed by atoms with Crippen molar-refractivity contribution in [3.8, 4) is 0 Å². The fourth-order valence-corrected chi connectivity index (χ4v) is 0.775. The van der Waals surface area contributed by atoms with E-state index >= 15 is 0 Å². The van der Waals surface area contributed by atoms with E-state index in [1.165, 1.54) is 11.5 Å². The molecule has 0 aliphatic heterocycles. The molecule has 0 saturated heterocycles. The maximum absolute atomic E-state index is 5.22. The topological polar surface area (TPSA) is 38.9 Å². The van der Waals surface area contributed by atoms with Crippen molar-refractivity contribution >= 4 is 17.4 Å². The maximum Gasteiger partial charge on any atom is 0 e. The van der Waals surface area contributed by atoms with Crippen molar-refractivity contribution in [1.82, 2.24) is 4.37 Å². The van der Waals surface area contributed by atoms with Gasteiger partial charge in [0.25, 0.3) is 0 Å². The normalized spacial score (nSPS) is 8.12. The first-order chi connectivity index (χ1) is 3.29. The first-order valence-electron chi connectivity index (χ1n) is 1.90. The smallest absolute Gasteiger partial charge is 0 e. The predicted octanol–water partition coefficient (Wildman–Crippen LogP) is 0.831. The zero-order chi connectivity index (χ0) is 5.28. The number of hydrogen-bond acceptors (Lipinski definition) is 3. The molecule has 1 heterocycles. The SMILES string of the molecule is Cc1[c-]c(N)ns1.[Re]. The first kappa shape index (κ1) is 8.09. The zero-order valence-electron chi connectivity index (χ0n) is 4.31. The van der Waals surface area contributed by atoms with Crippen LogP contribution in [0.5, 0.6) is 0 Å². The monoisotopic (exact) mass is 300 g/mol. The van der Waals surface area contributed by atoms with Crippen molar-refractivity contribution in [3.05, 3.63) is 10.9 Å². The van der Waals surface area contributed by atoms with Crippen LogP contribution in [0.2, 0.25) is 0 Å². The molecule has 8 heavy (non-hydrogen) atoms. The van der Waals surface area contributed by atoms with Gasteiger partial charge in [0.05, 0.1) is 0 Å². The second-order valence-electron chi connectivity index (χ2n) is 1.25. The average Bonchev–Trinajstić information content (AvgIpc) is 1.87. The Morgan fingerprint density at radius 3 is 2.50 bits per heavy atom. The third kappa shape index (κ3) is 1.91. The molecule has 1 aromatic heterocycles. The van der Waals surface area contributed by atoms with Gasteiger partial charge in [0, 0.05) is 20.4 Å². The third-order valence-corrected chi connectivity index (χ3v) is 1.25. The summed E-state index contributed by atoms with van der Waals surface area (Å²) >= 11 is 1.37. The summed E-state index contributed by atoms with van der Waals surface area (Å²) in [6.07, 6.45) is 0. The van der Waals surface area contributed by atoms with Crippen molar-refractivity contribution in [2.45, 2.75) is 6.92 Å². The number of aromatic nitrogens is 1. The molecule has 1 radical (unpaired) electrons. The Balaban J connectivity index is 0.000000490. The van der Waals surface area contributed by atoms with Gasteiger partial charge in [-0.25, -0.2) is 4.37 Å². The van der Waals surface area contributed by atoms with Crippen LogP contribution in [0.1, 0.15) is 4.88 Å². The van der Waals surface area contributed by atoms with Crippen LogP contribution in [0.25, 0.3) is 0 Å². The number of hydrogen-bond donors (Lipinski definition) is 1. The molecule has 0 fully saturated rings. The second kappa shape index (κ2) is 3.18. The van der Waals surface area contributed by atoms with E-state index in [1.54, 1.807) is 0 Å². The zero-order valence-corrected chi connectivity index (χ0v) is 7.84. The van der Waals surface area contributed by atoms with E-state index in [4.69, 9.17) is 5.73 Å². The van der Waals surface area contributed by atoms with Gasteiger partial charge in [-0.2, -0.15) is 4.88 Å². The largest absolute Gasteiger partial charge is 0.412 e. The quantitative estimate of drug-likeness (QED) is 0.721. The van der Waals surface area contributed by atoms with E-state index in [2.05, 4.69) is 10.4 Å². The van der Waals surface area contributed by atoms with Gasteiger partial charge in [-0.3, -0.25) is 0 Å². The molecule has 0 bridgehead atoms. The Hall–Kier alpha value is 0.0923. The van der Waals surface area contributed by atoms with Crippen molar-refractivity contribution in [1.29, 1.82) is 0 Å². The Morgan fingerprint density at radius 2 is 2.38 bits per heavy atom. The molecule has 0 amide bonds. The molecule has 2 nitrogen and oxygen atoms in total. The predicted molar refractivity (Wildman–Crippen MR) is 30.1 cm³/mol. The molecule has 0 unspecified atom stereocenters. The molecular weight excluding hydrogens is 294 g/mol. The number of rotatable bonds is 0. The van der Waals surface area contributed by atoms with Crippen LogP contribution in [0.3, 0.4) is 0 Å². The van der Waals surface area contributed by atoms with Crippen LogP contribution < -0.4 is 5.73 Å². The van der Waals surface area contributed by atoms with Crippen LogP contribution in [0.15, 0.2) is 0 Å². The number of anilines is 1. The van der Waals surface area contributed by atoms with Crippen molar-refractivity contribution < 1.29 is 20.4 Å². The van der Waals surface area contributed by atoms with Gasteiger partial charge in [0.1, 0.15) is 0 Å². The van der Waals surface area contributed by atoms with Crippen LogP contribution >= 0.6 is 11.5 Å². The number of nitrogen functional groups attached to an aromatic ring is 1. The van der Waals surface area contributed by atoms with Crippen molar-refractivity contribution in [3.63, 3.8) is 0 Å². The molecule has 0 atom stereocenters. The Labute approximate surface area is 65.9 Å². The Bertz CT molecular complexity index is 146. The summed E-state index contributed by atoms with van der Waals surface area (Å²) in [4.78, 5) is 1.04. The summed E-state index contributed by atoms with van der Waals surface area (Å²) in [6.45, 7) is 1.92. The van der Waals surface area contributed by atoms with Gasteiger partial charge in [-0.15, -0.1) is 0 Å². The van der Waals surface area contributed by atoms with Crippen LogP contribution in [0.4, 0.5) is 5.82 Å². The Kier molecular flexibility index (Phi) is 3.22. The summed E-state index contributed by atoms with van der Waals surface area (Å²) in [7, 11) is 0. The van der Waals surface area contributed by atoms with Crippen LogP contribution in [0, 0.1) is 13.0 Å². The van der Waals surface area contributed by atoms with Gasteiger partial charge in [-0.1, -0.05) is 18.5 Å².